The van der Waals surface area contributed by atoms with Crippen molar-refractivity contribution < 1.29 is 4.74 Å². The van der Waals surface area contributed by atoms with Crippen LogP contribution in [0.5, 0.6) is 0 Å². The fraction of sp³-hybridized carbons (Fsp3) is 0.750. The van der Waals surface area contributed by atoms with Crippen LogP contribution in [0.25, 0.3) is 0 Å². The van der Waals surface area contributed by atoms with E-state index in [4.69, 9.17) is 10.5 Å². The van der Waals surface area contributed by atoms with E-state index in [1.54, 1.807) is 7.11 Å². The quantitative estimate of drug-likeness (QED) is 0.649. The Morgan fingerprint density at radius 1 is 1.62 bits per heavy atom. The van der Waals surface area contributed by atoms with Gasteiger partial charge >= 0.3 is 0 Å². The number of methoxy groups -OCH3 is 1. The summed E-state index contributed by atoms with van der Waals surface area (Å²) in [6, 6.07) is -0.104. The van der Waals surface area contributed by atoms with Gasteiger partial charge in [0.25, 0.3) is 0 Å². The van der Waals surface area contributed by atoms with Gasteiger partial charge in [0.05, 0.1) is 6.04 Å². The average Bonchev–Trinajstić information content (AvgIpc) is 2.53. The molecular formula is C8H16N4O. The van der Waals surface area contributed by atoms with Gasteiger partial charge in [-0.2, -0.15) is 5.10 Å². The van der Waals surface area contributed by atoms with Crippen molar-refractivity contribution >= 4 is 0 Å². The van der Waals surface area contributed by atoms with E-state index >= 15 is 0 Å². The van der Waals surface area contributed by atoms with Crippen LogP contribution in [-0.4, -0.2) is 28.9 Å². The molecule has 0 saturated heterocycles. The Morgan fingerprint density at radius 3 is 2.92 bits per heavy atom. The van der Waals surface area contributed by atoms with Crippen molar-refractivity contribution in [2.24, 2.45) is 5.73 Å². The number of hydrogen-bond acceptors (Lipinski definition) is 4. The Hall–Kier alpha value is -0.940. The minimum absolute atomic E-state index is 0.104. The highest BCUT2D eigenvalue weighted by atomic mass is 16.5. The number of nitrogens with one attached hydrogen (secondary N) is 1. The second-order valence-corrected chi connectivity index (χ2v) is 3.03. The Bertz CT molecular complexity index is 246. The van der Waals surface area contributed by atoms with Gasteiger partial charge in [0, 0.05) is 20.1 Å². The van der Waals surface area contributed by atoms with Gasteiger partial charge in [-0.05, 0) is 13.3 Å². The molecule has 74 valence electrons. The summed E-state index contributed by atoms with van der Waals surface area (Å²) in [6.07, 6.45) is 1.80. The summed E-state index contributed by atoms with van der Waals surface area (Å²) >= 11 is 0. The fourth-order valence-electron chi connectivity index (χ4n) is 1.01. The lowest BCUT2D eigenvalue weighted by atomic mass is 10.3. The molecule has 0 aliphatic rings. The van der Waals surface area contributed by atoms with E-state index in [1.807, 2.05) is 6.92 Å². The molecule has 3 N–H and O–H groups in total. The first-order valence-corrected chi connectivity index (χ1v) is 4.39. The lowest BCUT2D eigenvalue weighted by molar-refractivity contribution is 0.194. The number of nitrogens with zero attached hydrogens (tertiary/aromatic N) is 2. The third-order valence-corrected chi connectivity index (χ3v) is 1.72. The first-order chi connectivity index (χ1) is 6.24. The normalized spacial score (nSPS) is 13.2. The molecule has 1 heterocycles. The minimum atomic E-state index is -0.104. The number of hydrogen-bond donors (Lipinski definition) is 2. The summed E-state index contributed by atoms with van der Waals surface area (Å²) in [5.74, 6) is 1.55. The van der Waals surface area contributed by atoms with E-state index in [9.17, 15) is 0 Å². The summed E-state index contributed by atoms with van der Waals surface area (Å²) in [4.78, 5) is 4.23. The Balaban J connectivity index is 2.40. The molecule has 0 radical (unpaired) electrons. The van der Waals surface area contributed by atoms with E-state index in [2.05, 4.69) is 15.2 Å². The van der Waals surface area contributed by atoms with Crippen LogP contribution in [0, 0.1) is 0 Å². The van der Waals surface area contributed by atoms with Crippen LogP contribution in [0.15, 0.2) is 0 Å². The molecule has 0 spiro atoms. The van der Waals surface area contributed by atoms with Crippen LogP contribution in [0.3, 0.4) is 0 Å². The van der Waals surface area contributed by atoms with Gasteiger partial charge in [0.2, 0.25) is 0 Å². The number of aromatic amines is 1. The molecule has 0 bridgehead atoms. The lowest BCUT2D eigenvalue weighted by Crippen LogP contribution is -2.06. The maximum atomic E-state index is 5.61. The third-order valence-electron chi connectivity index (χ3n) is 1.72. The van der Waals surface area contributed by atoms with Gasteiger partial charge in [-0.1, -0.05) is 0 Å². The zero-order chi connectivity index (χ0) is 9.68. The molecule has 0 saturated carbocycles. The van der Waals surface area contributed by atoms with E-state index < -0.39 is 0 Å². The second kappa shape index (κ2) is 4.94. The van der Waals surface area contributed by atoms with E-state index in [-0.39, 0.29) is 6.04 Å². The van der Waals surface area contributed by atoms with E-state index in [0.717, 1.165) is 25.3 Å². The van der Waals surface area contributed by atoms with Gasteiger partial charge < -0.3 is 10.5 Å². The number of aromatic nitrogens is 3. The predicted octanol–water partition coefficient (Wildman–Crippen LogP) is 0.403. The molecule has 1 rings (SSSR count). The summed E-state index contributed by atoms with van der Waals surface area (Å²) in [5.41, 5.74) is 5.61. The Kier molecular flexibility index (Phi) is 3.85. The Morgan fingerprint density at radius 2 is 2.38 bits per heavy atom. The van der Waals surface area contributed by atoms with Gasteiger partial charge in [0.1, 0.15) is 5.82 Å². The molecule has 0 aliphatic heterocycles. The molecule has 0 aromatic carbocycles. The molecule has 1 unspecified atom stereocenters. The van der Waals surface area contributed by atoms with Crippen molar-refractivity contribution in [2.45, 2.75) is 25.8 Å². The highest BCUT2D eigenvalue weighted by Gasteiger charge is 2.06. The maximum Gasteiger partial charge on any atom is 0.167 e. The number of ether oxygens (including phenoxy) is 1. The predicted molar refractivity (Wildman–Crippen MR) is 49.2 cm³/mol. The molecule has 0 amide bonds. The number of H-pyrrole nitrogens is 1. The number of nitrogens with two attached hydrogens (primary N) is 1. The monoisotopic (exact) mass is 184 g/mol. The van der Waals surface area contributed by atoms with Gasteiger partial charge in [-0.3, -0.25) is 5.10 Å². The Labute approximate surface area is 77.7 Å². The molecule has 0 aliphatic carbocycles. The molecule has 5 heteroatoms. The molecule has 5 nitrogen and oxygen atoms in total. The van der Waals surface area contributed by atoms with Gasteiger partial charge in [0.15, 0.2) is 5.82 Å². The summed E-state index contributed by atoms with van der Waals surface area (Å²) in [6.45, 7) is 2.61. The topological polar surface area (TPSA) is 76.8 Å². The lowest BCUT2D eigenvalue weighted by Gasteiger charge is -1.96. The zero-order valence-corrected chi connectivity index (χ0v) is 8.08. The first-order valence-electron chi connectivity index (χ1n) is 4.39. The molecule has 1 atom stereocenters. The SMILES string of the molecule is COCCCc1nc(C(C)N)n[nH]1. The van der Waals surface area contributed by atoms with Crippen LogP contribution in [0.2, 0.25) is 0 Å². The number of aryl methyl sites for hydroxylation is 1. The van der Waals surface area contributed by atoms with Crippen LogP contribution < -0.4 is 5.73 Å². The average molecular weight is 184 g/mol. The smallest absolute Gasteiger partial charge is 0.167 e. The highest BCUT2D eigenvalue weighted by molar-refractivity contribution is 4.94. The van der Waals surface area contributed by atoms with Crippen LogP contribution in [0.4, 0.5) is 0 Å². The molecule has 1 aromatic rings. The first kappa shape index (κ1) is 10.1. The minimum Gasteiger partial charge on any atom is -0.385 e. The van der Waals surface area contributed by atoms with Crippen LogP contribution in [0.1, 0.15) is 31.0 Å². The van der Waals surface area contributed by atoms with Crippen molar-refractivity contribution in [1.29, 1.82) is 0 Å². The largest absolute Gasteiger partial charge is 0.385 e. The third kappa shape index (κ3) is 3.12. The maximum absolute atomic E-state index is 5.61. The summed E-state index contributed by atoms with van der Waals surface area (Å²) in [5, 5.41) is 6.84. The standard InChI is InChI=1S/C8H16N4O/c1-6(9)8-10-7(11-12-8)4-3-5-13-2/h6H,3-5,9H2,1-2H3,(H,10,11,12). The molecule has 13 heavy (non-hydrogen) atoms. The van der Waals surface area contributed by atoms with Crippen LogP contribution >= 0.6 is 0 Å². The van der Waals surface area contributed by atoms with Crippen LogP contribution in [-0.2, 0) is 11.2 Å². The highest BCUT2D eigenvalue weighted by Crippen LogP contribution is 2.03. The van der Waals surface area contributed by atoms with Crippen molar-refractivity contribution in [2.75, 3.05) is 13.7 Å². The molecule has 1 aromatic heterocycles. The van der Waals surface area contributed by atoms with Gasteiger partial charge in [-0.25, -0.2) is 4.98 Å². The zero-order valence-electron chi connectivity index (χ0n) is 8.08. The number of rotatable bonds is 5. The van der Waals surface area contributed by atoms with Crippen molar-refractivity contribution in [3.05, 3.63) is 11.6 Å². The van der Waals surface area contributed by atoms with E-state index in [1.165, 1.54) is 0 Å². The van der Waals surface area contributed by atoms with Gasteiger partial charge in [-0.15, -0.1) is 0 Å². The van der Waals surface area contributed by atoms with Crippen molar-refractivity contribution in [3.8, 4) is 0 Å². The molecular weight excluding hydrogens is 168 g/mol. The van der Waals surface area contributed by atoms with E-state index in [0.29, 0.717) is 5.82 Å². The second-order valence-electron chi connectivity index (χ2n) is 3.03. The summed E-state index contributed by atoms with van der Waals surface area (Å²) < 4.78 is 4.93. The molecule has 0 fully saturated rings. The van der Waals surface area contributed by atoms with Crippen molar-refractivity contribution in [1.82, 2.24) is 15.2 Å². The fourth-order valence-corrected chi connectivity index (χ4v) is 1.01. The van der Waals surface area contributed by atoms with Crippen molar-refractivity contribution in [3.63, 3.8) is 0 Å². The summed E-state index contributed by atoms with van der Waals surface area (Å²) in [7, 11) is 1.69.